The SMILES string of the molecule is O=C1Nc2cc(Cl)ccc2S[C@H]1CC(=O)N1CCC(Nc2ccccc2)CC1. The molecule has 2 amide bonds. The number of carbonyl (C=O) groups is 2. The number of amides is 2. The number of hydrogen-bond acceptors (Lipinski definition) is 4. The lowest BCUT2D eigenvalue weighted by molar-refractivity contribution is -0.133. The third-order valence-electron chi connectivity index (χ3n) is 5.11. The minimum Gasteiger partial charge on any atom is -0.382 e. The zero-order valence-corrected chi connectivity index (χ0v) is 16.9. The summed E-state index contributed by atoms with van der Waals surface area (Å²) in [4.78, 5) is 28.0. The van der Waals surface area contributed by atoms with Crippen molar-refractivity contribution in [1.82, 2.24) is 4.90 Å². The summed E-state index contributed by atoms with van der Waals surface area (Å²) in [6.45, 7) is 1.43. The molecule has 28 heavy (non-hydrogen) atoms. The Hall–Kier alpha value is -2.18. The molecule has 1 saturated heterocycles. The highest BCUT2D eigenvalue weighted by Crippen LogP contribution is 2.38. The second-order valence-electron chi connectivity index (χ2n) is 7.11. The lowest BCUT2D eigenvalue weighted by Gasteiger charge is -2.34. The highest BCUT2D eigenvalue weighted by atomic mass is 35.5. The van der Waals surface area contributed by atoms with Gasteiger partial charge in [-0.3, -0.25) is 9.59 Å². The quantitative estimate of drug-likeness (QED) is 0.783. The Morgan fingerprint density at radius 2 is 1.93 bits per heavy atom. The Morgan fingerprint density at radius 1 is 1.18 bits per heavy atom. The van der Waals surface area contributed by atoms with Crippen LogP contribution < -0.4 is 10.6 Å². The zero-order valence-electron chi connectivity index (χ0n) is 15.4. The van der Waals surface area contributed by atoms with E-state index >= 15 is 0 Å². The molecule has 1 atom stereocenters. The molecule has 2 aliphatic heterocycles. The van der Waals surface area contributed by atoms with E-state index in [0.717, 1.165) is 29.1 Å². The van der Waals surface area contributed by atoms with Gasteiger partial charge in [-0.15, -0.1) is 11.8 Å². The summed E-state index contributed by atoms with van der Waals surface area (Å²) in [7, 11) is 0. The first-order valence-electron chi connectivity index (χ1n) is 9.45. The van der Waals surface area contributed by atoms with Gasteiger partial charge in [-0.2, -0.15) is 0 Å². The number of likely N-dealkylation sites (tertiary alicyclic amines) is 1. The minimum atomic E-state index is -0.402. The van der Waals surface area contributed by atoms with E-state index in [0.29, 0.717) is 24.2 Å². The Kier molecular flexibility index (Phi) is 5.78. The molecule has 0 aliphatic carbocycles. The summed E-state index contributed by atoms with van der Waals surface area (Å²) in [6, 6.07) is 15.9. The number of para-hydroxylation sites is 1. The molecule has 2 heterocycles. The molecule has 2 aromatic rings. The van der Waals surface area contributed by atoms with Gasteiger partial charge in [0.2, 0.25) is 11.8 Å². The number of piperidine rings is 1. The fourth-order valence-corrected chi connectivity index (χ4v) is 4.84. The van der Waals surface area contributed by atoms with Crippen molar-refractivity contribution in [3.63, 3.8) is 0 Å². The van der Waals surface area contributed by atoms with Crippen LogP contribution >= 0.6 is 23.4 Å². The van der Waals surface area contributed by atoms with Gasteiger partial charge in [-0.05, 0) is 43.2 Å². The van der Waals surface area contributed by atoms with Gasteiger partial charge in [0.05, 0.1) is 10.9 Å². The first kappa shape index (κ1) is 19.2. The zero-order chi connectivity index (χ0) is 19.5. The van der Waals surface area contributed by atoms with Gasteiger partial charge in [-0.1, -0.05) is 29.8 Å². The molecule has 0 aromatic heterocycles. The van der Waals surface area contributed by atoms with Crippen LogP contribution in [0.2, 0.25) is 5.02 Å². The Balaban J connectivity index is 1.30. The molecule has 0 spiro atoms. The van der Waals surface area contributed by atoms with E-state index in [1.54, 1.807) is 12.1 Å². The lowest BCUT2D eigenvalue weighted by Crippen LogP contribution is -2.44. The van der Waals surface area contributed by atoms with E-state index in [9.17, 15) is 9.59 Å². The number of hydrogen-bond donors (Lipinski definition) is 2. The number of anilines is 2. The van der Waals surface area contributed by atoms with Crippen molar-refractivity contribution < 1.29 is 9.59 Å². The third kappa shape index (κ3) is 4.45. The molecular weight excluding hydrogens is 394 g/mol. The van der Waals surface area contributed by atoms with Gasteiger partial charge < -0.3 is 15.5 Å². The number of nitrogens with one attached hydrogen (secondary N) is 2. The molecule has 7 heteroatoms. The average Bonchev–Trinajstić information content (AvgIpc) is 2.70. The Labute approximate surface area is 173 Å². The first-order valence-corrected chi connectivity index (χ1v) is 10.7. The molecule has 0 bridgehead atoms. The fraction of sp³-hybridized carbons (Fsp3) is 0.333. The van der Waals surface area contributed by atoms with E-state index in [-0.39, 0.29) is 18.2 Å². The van der Waals surface area contributed by atoms with Gasteiger partial charge >= 0.3 is 0 Å². The van der Waals surface area contributed by atoms with Crippen molar-refractivity contribution in [1.29, 1.82) is 0 Å². The highest BCUT2D eigenvalue weighted by Gasteiger charge is 2.31. The molecule has 5 nitrogen and oxygen atoms in total. The van der Waals surface area contributed by atoms with Crippen LogP contribution in [-0.4, -0.2) is 41.1 Å². The van der Waals surface area contributed by atoms with Gasteiger partial charge in [-0.25, -0.2) is 0 Å². The maximum absolute atomic E-state index is 12.7. The average molecular weight is 416 g/mol. The van der Waals surface area contributed by atoms with Crippen LogP contribution in [0.25, 0.3) is 0 Å². The van der Waals surface area contributed by atoms with Crippen LogP contribution in [0.5, 0.6) is 0 Å². The summed E-state index contributed by atoms with van der Waals surface area (Å²) in [5, 5.41) is 6.58. The van der Waals surface area contributed by atoms with E-state index in [4.69, 9.17) is 11.6 Å². The summed E-state index contributed by atoms with van der Waals surface area (Å²) in [6.07, 6.45) is 2.04. The predicted molar refractivity (Wildman–Crippen MR) is 114 cm³/mol. The van der Waals surface area contributed by atoms with Crippen molar-refractivity contribution in [3.05, 3.63) is 53.6 Å². The molecule has 2 N–H and O–H groups in total. The second-order valence-corrected chi connectivity index (χ2v) is 8.79. The van der Waals surface area contributed by atoms with Crippen molar-refractivity contribution in [2.45, 2.75) is 35.4 Å². The molecule has 2 aromatic carbocycles. The molecule has 146 valence electrons. The molecule has 1 fully saturated rings. The highest BCUT2D eigenvalue weighted by molar-refractivity contribution is 8.01. The van der Waals surface area contributed by atoms with Crippen LogP contribution in [0.3, 0.4) is 0 Å². The third-order valence-corrected chi connectivity index (χ3v) is 6.62. The van der Waals surface area contributed by atoms with Gasteiger partial charge in [0.15, 0.2) is 0 Å². The van der Waals surface area contributed by atoms with Crippen LogP contribution in [0, 0.1) is 0 Å². The maximum atomic E-state index is 12.7. The minimum absolute atomic E-state index is 0.0447. The molecule has 0 radical (unpaired) electrons. The van der Waals surface area contributed by atoms with E-state index in [2.05, 4.69) is 22.8 Å². The van der Waals surface area contributed by atoms with Crippen molar-refractivity contribution in [2.75, 3.05) is 23.7 Å². The molecular formula is C21H22ClN3O2S. The number of carbonyl (C=O) groups excluding carboxylic acids is 2. The van der Waals surface area contributed by atoms with E-state index in [1.807, 2.05) is 29.2 Å². The predicted octanol–water partition coefficient (Wildman–Crippen LogP) is 4.25. The molecule has 2 aliphatic rings. The first-order chi connectivity index (χ1) is 13.6. The van der Waals surface area contributed by atoms with Gasteiger partial charge in [0.1, 0.15) is 0 Å². The number of fused-ring (bicyclic) bond motifs is 1. The van der Waals surface area contributed by atoms with Crippen LogP contribution in [-0.2, 0) is 9.59 Å². The Morgan fingerprint density at radius 3 is 2.68 bits per heavy atom. The van der Waals surface area contributed by atoms with Crippen molar-refractivity contribution in [3.8, 4) is 0 Å². The van der Waals surface area contributed by atoms with Crippen molar-refractivity contribution in [2.24, 2.45) is 0 Å². The number of nitrogens with zero attached hydrogens (tertiary/aromatic N) is 1. The lowest BCUT2D eigenvalue weighted by atomic mass is 10.0. The van der Waals surface area contributed by atoms with Crippen LogP contribution in [0.4, 0.5) is 11.4 Å². The normalized spacial score (nSPS) is 19.7. The summed E-state index contributed by atoms with van der Waals surface area (Å²) >= 11 is 7.42. The molecule has 4 rings (SSSR count). The standard InChI is InChI=1S/C21H22ClN3O2S/c22-14-6-7-18-17(12-14)24-21(27)19(28-18)13-20(26)25-10-8-16(9-11-25)23-15-4-2-1-3-5-15/h1-7,12,16,19,23H,8-11,13H2,(H,24,27)/t19-/m0/s1. The van der Waals surface area contributed by atoms with Crippen molar-refractivity contribution >= 4 is 46.6 Å². The monoisotopic (exact) mass is 415 g/mol. The largest absolute Gasteiger partial charge is 0.382 e. The number of rotatable bonds is 4. The fourth-order valence-electron chi connectivity index (χ4n) is 3.59. The summed E-state index contributed by atoms with van der Waals surface area (Å²) in [5.41, 5.74) is 1.83. The topological polar surface area (TPSA) is 61.4 Å². The smallest absolute Gasteiger partial charge is 0.238 e. The molecule has 0 saturated carbocycles. The number of benzene rings is 2. The second kappa shape index (κ2) is 8.45. The van der Waals surface area contributed by atoms with Gasteiger partial charge in [0, 0.05) is 41.2 Å². The molecule has 0 unspecified atom stereocenters. The maximum Gasteiger partial charge on any atom is 0.238 e. The Bertz CT molecular complexity index is 869. The number of halogens is 1. The van der Waals surface area contributed by atoms with Gasteiger partial charge in [0.25, 0.3) is 0 Å². The summed E-state index contributed by atoms with van der Waals surface area (Å²) < 4.78 is 0. The summed E-state index contributed by atoms with van der Waals surface area (Å²) in [5.74, 6) is -0.0861. The van der Waals surface area contributed by atoms with Crippen LogP contribution in [0.15, 0.2) is 53.4 Å². The van der Waals surface area contributed by atoms with E-state index < -0.39 is 5.25 Å². The van der Waals surface area contributed by atoms with E-state index in [1.165, 1.54) is 11.8 Å². The van der Waals surface area contributed by atoms with Crippen LogP contribution in [0.1, 0.15) is 19.3 Å². The number of thioether (sulfide) groups is 1.